The van der Waals surface area contributed by atoms with Crippen LogP contribution in [-0.4, -0.2) is 36.8 Å². The van der Waals surface area contributed by atoms with Crippen LogP contribution < -0.4 is 4.74 Å². The summed E-state index contributed by atoms with van der Waals surface area (Å²) in [5.74, 6) is 1.26. The summed E-state index contributed by atoms with van der Waals surface area (Å²) in [7, 11) is 1.66. The van der Waals surface area contributed by atoms with Gasteiger partial charge in [-0.3, -0.25) is 0 Å². The van der Waals surface area contributed by atoms with E-state index >= 15 is 0 Å². The molecule has 1 amide bonds. The van der Waals surface area contributed by atoms with E-state index in [0.717, 1.165) is 18.8 Å². The van der Waals surface area contributed by atoms with E-state index in [1.54, 1.807) is 12.0 Å². The fraction of sp³-hybridized carbons (Fsp3) is 0.533. The summed E-state index contributed by atoms with van der Waals surface area (Å²) in [6.07, 6.45) is -0.225. The van der Waals surface area contributed by atoms with Gasteiger partial charge in [-0.15, -0.1) is 0 Å². The van der Waals surface area contributed by atoms with E-state index < -0.39 is 5.60 Å². The number of amides is 1. The lowest BCUT2D eigenvalue weighted by Crippen LogP contribution is -2.50. The Balaban J connectivity index is 1.87. The van der Waals surface area contributed by atoms with Crippen LogP contribution >= 0.6 is 0 Å². The van der Waals surface area contributed by atoms with Crippen molar-refractivity contribution in [2.75, 3.05) is 20.2 Å². The van der Waals surface area contributed by atoms with Crippen LogP contribution in [0, 0.1) is 0 Å². The fourth-order valence-electron chi connectivity index (χ4n) is 2.04. The third-order valence-corrected chi connectivity index (χ3v) is 3.12. The molecular formula is C15H21NO3. The Morgan fingerprint density at radius 3 is 2.26 bits per heavy atom. The minimum absolute atomic E-state index is 0.225. The van der Waals surface area contributed by atoms with Crippen LogP contribution in [0.3, 0.4) is 0 Å². The first-order valence-electron chi connectivity index (χ1n) is 6.51. The normalized spacial score (nSPS) is 15.9. The molecule has 1 aliphatic heterocycles. The SMILES string of the molecule is COc1ccc(C2CN(C(=O)OC(C)(C)C)C2)cc1. The highest BCUT2D eigenvalue weighted by molar-refractivity contribution is 5.69. The molecule has 0 bridgehead atoms. The first-order valence-corrected chi connectivity index (χ1v) is 6.51. The van der Waals surface area contributed by atoms with Gasteiger partial charge in [-0.2, -0.15) is 0 Å². The second kappa shape index (κ2) is 5.11. The summed E-state index contributed by atoms with van der Waals surface area (Å²) < 4.78 is 10.5. The minimum Gasteiger partial charge on any atom is -0.497 e. The van der Waals surface area contributed by atoms with Gasteiger partial charge in [0.15, 0.2) is 0 Å². The number of carbonyl (C=O) groups is 1. The molecule has 2 rings (SSSR count). The van der Waals surface area contributed by atoms with E-state index in [4.69, 9.17) is 9.47 Å². The third kappa shape index (κ3) is 3.40. The molecular weight excluding hydrogens is 242 g/mol. The molecule has 104 valence electrons. The van der Waals surface area contributed by atoms with Gasteiger partial charge in [-0.1, -0.05) is 12.1 Å². The summed E-state index contributed by atoms with van der Waals surface area (Å²) in [5, 5.41) is 0. The van der Waals surface area contributed by atoms with Crippen LogP contribution in [0.15, 0.2) is 24.3 Å². The van der Waals surface area contributed by atoms with Crippen LogP contribution in [0.5, 0.6) is 5.75 Å². The monoisotopic (exact) mass is 263 g/mol. The maximum atomic E-state index is 11.8. The Morgan fingerprint density at radius 2 is 1.79 bits per heavy atom. The van der Waals surface area contributed by atoms with Gasteiger partial charge in [-0.25, -0.2) is 4.79 Å². The van der Waals surface area contributed by atoms with Crippen molar-refractivity contribution in [2.45, 2.75) is 32.3 Å². The Bertz CT molecular complexity index is 441. The first kappa shape index (κ1) is 13.7. The molecule has 1 aromatic rings. The van der Waals surface area contributed by atoms with Crippen molar-refractivity contribution in [3.63, 3.8) is 0 Å². The van der Waals surface area contributed by atoms with Crippen molar-refractivity contribution in [1.82, 2.24) is 4.90 Å². The molecule has 4 nitrogen and oxygen atoms in total. The molecule has 1 heterocycles. The maximum absolute atomic E-state index is 11.8. The summed E-state index contributed by atoms with van der Waals surface area (Å²) >= 11 is 0. The quantitative estimate of drug-likeness (QED) is 0.823. The van der Waals surface area contributed by atoms with Crippen molar-refractivity contribution in [2.24, 2.45) is 0 Å². The van der Waals surface area contributed by atoms with Crippen LogP contribution in [0.2, 0.25) is 0 Å². The molecule has 0 aliphatic carbocycles. The van der Waals surface area contributed by atoms with Crippen molar-refractivity contribution in [1.29, 1.82) is 0 Å². The molecule has 0 N–H and O–H groups in total. The molecule has 0 unspecified atom stereocenters. The van der Waals surface area contributed by atoms with Crippen molar-refractivity contribution in [3.05, 3.63) is 29.8 Å². The fourth-order valence-corrected chi connectivity index (χ4v) is 2.04. The van der Waals surface area contributed by atoms with E-state index in [0.29, 0.717) is 5.92 Å². The highest BCUT2D eigenvalue weighted by atomic mass is 16.6. The largest absolute Gasteiger partial charge is 0.497 e. The number of hydrogen-bond acceptors (Lipinski definition) is 3. The molecule has 0 radical (unpaired) electrons. The van der Waals surface area contributed by atoms with Gasteiger partial charge in [0, 0.05) is 19.0 Å². The number of methoxy groups -OCH3 is 1. The number of hydrogen-bond donors (Lipinski definition) is 0. The standard InChI is InChI=1S/C15H21NO3/c1-15(2,3)19-14(17)16-9-12(10-16)11-5-7-13(18-4)8-6-11/h5-8,12H,9-10H2,1-4H3. The topological polar surface area (TPSA) is 38.8 Å². The lowest BCUT2D eigenvalue weighted by Gasteiger charge is -2.40. The second-order valence-electron chi connectivity index (χ2n) is 5.86. The number of benzene rings is 1. The highest BCUT2D eigenvalue weighted by Gasteiger charge is 2.34. The molecule has 0 spiro atoms. The minimum atomic E-state index is -0.428. The van der Waals surface area contributed by atoms with Crippen molar-refractivity contribution in [3.8, 4) is 5.75 Å². The molecule has 1 saturated heterocycles. The van der Waals surface area contributed by atoms with Crippen molar-refractivity contribution >= 4 is 6.09 Å². The predicted molar refractivity (Wildman–Crippen MR) is 73.5 cm³/mol. The summed E-state index contributed by atoms with van der Waals surface area (Å²) in [6.45, 7) is 7.09. The lowest BCUT2D eigenvalue weighted by molar-refractivity contribution is 0.00819. The Morgan fingerprint density at radius 1 is 1.21 bits per heavy atom. The Hall–Kier alpha value is -1.71. The molecule has 1 aliphatic rings. The van der Waals surface area contributed by atoms with Crippen LogP contribution in [0.1, 0.15) is 32.3 Å². The summed E-state index contributed by atoms with van der Waals surface area (Å²) in [4.78, 5) is 13.5. The summed E-state index contributed by atoms with van der Waals surface area (Å²) in [5.41, 5.74) is 0.808. The van der Waals surface area contributed by atoms with Gasteiger partial charge in [-0.05, 0) is 38.5 Å². The molecule has 19 heavy (non-hydrogen) atoms. The lowest BCUT2D eigenvalue weighted by atomic mass is 9.92. The van der Waals surface area contributed by atoms with Crippen LogP contribution in [-0.2, 0) is 4.74 Å². The smallest absolute Gasteiger partial charge is 0.410 e. The second-order valence-corrected chi connectivity index (χ2v) is 5.86. The van der Waals surface area contributed by atoms with Gasteiger partial charge < -0.3 is 14.4 Å². The predicted octanol–water partition coefficient (Wildman–Crippen LogP) is 3.03. The Labute approximate surface area is 114 Å². The Kier molecular flexibility index (Phi) is 3.69. The highest BCUT2D eigenvalue weighted by Crippen LogP contribution is 2.29. The number of nitrogens with zero attached hydrogens (tertiary/aromatic N) is 1. The van der Waals surface area contributed by atoms with E-state index in [2.05, 4.69) is 12.1 Å². The number of rotatable bonds is 2. The van der Waals surface area contributed by atoms with Crippen LogP contribution in [0.4, 0.5) is 4.79 Å². The van der Waals surface area contributed by atoms with E-state index in [9.17, 15) is 4.79 Å². The third-order valence-electron chi connectivity index (χ3n) is 3.12. The maximum Gasteiger partial charge on any atom is 0.410 e. The average molecular weight is 263 g/mol. The zero-order valence-electron chi connectivity index (χ0n) is 12.0. The van der Waals surface area contributed by atoms with Crippen LogP contribution in [0.25, 0.3) is 0 Å². The van der Waals surface area contributed by atoms with E-state index in [1.807, 2.05) is 32.9 Å². The van der Waals surface area contributed by atoms with Crippen molar-refractivity contribution < 1.29 is 14.3 Å². The van der Waals surface area contributed by atoms with Gasteiger partial charge >= 0.3 is 6.09 Å². The molecule has 0 saturated carbocycles. The molecule has 1 aromatic carbocycles. The number of ether oxygens (including phenoxy) is 2. The molecule has 4 heteroatoms. The molecule has 1 fully saturated rings. The average Bonchev–Trinajstić information content (AvgIpc) is 2.25. The molecule has 0 aromatic heterocycles. The zero-order valence-corrected chi connectivity index (χ0v) is 12.0. The number of carbonyl (C=O) groups excluding carboxylic acids is 1. The van der Waals surface area contributed by atoms with Gasteiger partial charge in [0.25, 0.3) is 0 Å². The molecule has 0 atom stereocenters. The van der Waals surface area contributed by atoms with Gasteiger partial charge in [0.2, 0.25) is 0 Å². The van der Waals surface area contributed by atoms with Gasteiger partial charge in [0.05, 0.1) is 7.11 Å². The number of likely N-dealkylation sites (tertiary alicyclic amines) is 1. The van der Waals surface area contributed by atoms with Gasteiger partial charge in [0.1, 0.15) is 11.4 Å². The summed E-state index contributed by atoms with van der Waals surface area (Å²) in [6, 6.07) is 8.00. The van der Waals surface area contributed by atoms with E-state index in [-0.39, 0.29) is 6.09 Å². The van der Waals surface area contributed by atoms with E-state index in [1.165, 1.54) is 5.56 Å². The zero-order chi connectivity index (χ0) is 14.0. The first-order chi connectivity index (χ1) is 8.89.